The van der Waals surface area contributed by atoms with Crippen LogP contribution in [-0.4, -0.2) is 26.6 Å². The van der Waals surface area contributed by atoms with Gasteiger partial charge in [0, 0.05) is 0 Å². The number of benzene rings is 3. The van der Waals surface area contributed by atoms with Gasteiger partial charge in [-0.3, -0.25) is 9.10 Å². The van der Waals surface area contributed by atoms with E-state index in [4.69, 9.17) is 11.6 Å². The van der Waals surface area contributed by atoms with Crippen molar-refractivity contribution in [1.29, 1.82) is 0 Å². The van der Waals surface area contributed by atoms with Gasteiger partial charge in [0.25, 0.3) is 15.9 Å². The summed E-state index contributed by atoms with van der Waals surface area (Å²) in [5, 5.41) is 3.25. The smallest absolute Gasteiger partial charge is 0.271 e. The number of rotatable bonds is 7. The zero-order valence-corrected chi connectivity index (χ0v) is 19.6. The lowest BCUT2D eigenvalue weighted by molar-refractivity contribution is -0.137. The first-order valence-corrected chi connectivity index (χ1v) is 11.7. The van der Waals surface area contributed by atoms with Crippen molar-refractivity contribution in [3.05, 3.63) is 94.8 Å². The molecular formula is C23H18ClF4N3O3S. The maximum atomic E-state index is 13.4. The van der Waals surface area contributed by atoms with E-state index in [0.717, 1.165) is 12.1 Å². The maximum absolute atomic E-state index is 13.4. The van der Waals surface area contributed by atoms with Crippen LogP contribution < -0.4 is 9.73 Å². The third-order valence-corrected chi connectivity index (χ3v) is 6.89. The molecule has 0 heterocycles. The second-order valence-electron chi connectivity index (χ2n) is 7.23. The molecule has 0 aliphatic carbocycles. The molecule has 0 atom stereocenters. The molecule has 0 saturated carbocycles. The van der Waals surface area contributed by atoms with Crippen molar-refractivity contribution in [1.82, 2.24) is 5.43 Å². The average Bonchev–Trinajstić information content (AvgIpc) is 2.81. The molecule has 0 fully saturated rings. The van der Waals surface area contributed by atoms with E-state index in [9.17, 15) is 30.8 Å². The molecule has 0 aliphatic heterocycles. The first-order chi connectivity index (χ1) is 16.4. The van der Waals surface area contributed by atoms with Crippen molar-refractivity contribution >= 4 is 38.9 Å². The highest BCUT2D eigenvalue weighted by Crippen LogP contribution is 2.38. The molecule has 3 aromatic rings. The topological polar surface area (TPSA) is 78.8 Å². The maximum Gasteiger partial charge on any atom is 0.417 e. The van der Waals surface area contributed by atoms with Gasteiger partial charge >= 0.3 is 6.18 Å². The van der Waals surface area contributed by atoms with Gasteiger partial charge in [-0.15, -0.1) is 0 Å². The first kappa shape index (κ1) is 26.2. The molecule has 3 aromatic carbocycles. The van der Waals surface area contributed by atoms with Crippen LogP contribution in [0.25, 0.3) is 0 Å². The molecule has 0 unspecified atom stereocenters. The van der Waals surface area contributed by atoms with Gasteiger partial charge in [0.15, 0.2) is 0 Å². The Labute approximate surface area is 203 Å². The number of halogens is 5. The summed E-state index contributed by atoms with van der Waals surface area (Å²) in [6, 6.07) is 14.7. The summed E-state index contributed by atoms with van der Waals surface area (Å²) in [5.41, 5.74) is 1.29. The number of hydrogen-bond acceptors (Lipinski definition) is 4. The van der Waals surface area contributed by atoms with Crippen LogP contribution in [0.1, 0.15) is 18.1 Å². The van der Waals surface area contributed by atoms with Gasteiger partial charge in [0.1, 0.15) is 12.4 Å². The van der Waals surface area contributed by atoms with E-state index in [1.807, 2.05) is 0 Å². The summed E-state index contributed by atoms with van der Waals surface area (Å²) < 4.78 is 80.4. The highest BCUT2D eigenvalue weighted by Gasteiger charge is 2.35. The highest BCUT2D eigenvalue weighted by molar-refractivity contribution is 7.92. The van der Waals surface area contributed by atoms with E-state index in [0.29, 0.717) is 21.6 Å². The van der Waals surface area contributed by atoms with Gasteiger partial charge in [-0.25, -0.2) is 18.2 Å². The third kappa shape index (κ3) is 6.37. The molecule has 184 valence electrons. The number of carbonyl (C=O) groups excluding carboxylic acids is 1. The Bertz CT molecular complexity index is 1350. The van der Waals surface area contributed by atoms with Crippen molar-refractivity contribution in [3.8, 4) is 0 Å². The Balaban J connectivity index is 1.96. The lowest BCUT2D eigenvalue weighted by Crippen LogP contribution is -2.40. The SMILES string of the molecule is C/C(=N/NC(=O)CN(c1ccc(Cl)c(C(F)(F)F)c1)S(=O)(=O)c1ccccc1)c1ccc(F)cc1. The van der Waals surface area contributed by atoms with E-state index in [2.05, 4.69) is 10.5 Å². The van der Waals surface area contributed by atoms with E-state index >= 15 is 0 Å². The summed E-state index contributed by atoms with van der Waals surface area (Å²) >= 11 is 5.67. The van der Waals surface area contributed by atoms with E-state index < -0.39 is 50.7 Å². The lowest BCUT2D eigenvalue weighted by Gasteiger charge is -2.25. The minimum Gasteiger partial charge on any atom is -0.271 e. The molecule has 0 aliphatic rings. The zero-order chi connectivity index (χ0) is 25.8. The molecule has 1 amide bonds. The number of nitrogens with zero attached hydrogens (tertiary/aromatic N) is 2. The molecule has 0 bridgehead atoms. The summed E-state index contributed by atoms with van der Waals surface area (Å²) in [4.78, 5) is 12.4. The molecule has 12 heteroatoms. The van der Waals surface area contributed by atoms with Crippen LogP contribution in [0.15, 0.2) is 82.8 Å². The summed E-state index contributed by atoms with van der Waals surface area (Å²) in [7, 11) is -4.45. The largest absolute Gasteiger partial charge is 0.417 e. The number of sulfonamides is 1. The van der Waals surface area contributed by atoms with Crippen LogP contribution in [0.2, 0.25) is 5.02 Å². The quantitative estimate of drug-likeness (QED) is 0.259. The van der Waals surface area contributed by atoms with Gasteiger partial charge in [-0.2, -0.15) is 18.3 Å². The molecule has 1 N–H and O–H groups in total. The fourth-order valence-corrected chi connectivity index (χ4v) is 4.65. The predicted octanol–water partition coefficient (Wildman–Crippen LogP) is 5.23. The number of carbonyl (C=O) groups is 1. The second-order valence-corrected chi connectivity index (χ2v) is 9.50. The standard InChI is InChI=1S/C23H18ClF4N3O3S/c1-15(16-7-9-17(25)10-8-16)29-30-22(32)14-31(35(33,34)19-5-3-2-4-6-19)18-11-12-21(24)20(13-18)23(26,27)28/h2-13H,14H2,1H3,(H,30,32)/b29-15-. The van der Waals surface area contributed by atoms with Crippen molar-refractivity contribution in [2.75, 3.05) is 10.8 Å². The van der Waals surface area contributed by atoms with Crippen molar-refractivity contribution in [2.24, 2.45) is 5.10 Å². The molecular weight excluding hydrogens is 510 g/mol. The molecule has 0 spiro atoms. The average molecular weight is 528 g/mol. The van der Waals surface area contributed by atoms with Crippen LogP contribution in [0, 0.1) is 5.82 Å². The Morgan fingerprint density at radius 3 is 2.26 bits per heavy atom. The number of hydrogen-bond donors (Lipinski definition) is 1. The van der Waals surface area contributed by atoms with Crippen LogP contribution >= 0.6 is 11.6 Å². The summed E-state index contributed by atoms with van der Waals surface area (Å²) in [6.45, 7) is 0.650. The normalized spacial score (nSPS) is 12.3. The van der Waals surface area contributed by atoms with Crippen LogP contribution in [0.4, 0.5) is 23.2 Å². The minimum absolute atomic E-state index is 0.234. The Kier molecular flexibility index (Phi) is 7.81. The number of amides is 1. The fourth-order valence-electron chi connectivity index (χ4n) is 2.99. The summed E-state index contributed by atoms with van der Waals surface area (Å²) in [5.74, 6) is -1.39. The predicted molar refractivity (Wildman–Crippen MR) is 124 cm³/mol. The highest BCUT2D eigenvalue weighted by atomic mass is 35.5. The van der Waals surface area contributed by atoms with Gasteiger partial charge < -0.3 is 0 Å². The van der Waals surface area contributed by atoms with Crippen LogP contribution in [0.3, 0.4) is 0 Å². The number of nitrogens with one attached hydrogen (secondary N) is 1. The Hall–Kier alpha value is -3.44. The zero-order valence-electron chi connectivity index (χ0n) is 18.1. The Morgan fingerprint density at radius 2 is 1.66 bits per heavy atom. The van der Waals surface area contributed by atoms with Crippen LogP contribution in [0.5, 0.6) is 0 Å². The van der Waals surface area contributed by atoms with Crippen LogP contribution in [-0.2, 0) is 21.0 Å². The minimum atomic E-state index is -4.85. The molecule has 0 saturated heterocycles. The molecule has 3 rings (SSSR count). The lowest BCUT2D eigenvalue weighted by atomic mass is 10.1. The van der Waals surface area contributed by atoms with Crippen molar-refractivity contribution in [2.45, 2.75) is 18.0 Å². The molecule has 6 nitrogen and oxygen atoms in total. The molecule has 0 radical (unpaired) electrons. The first-order valence-electron chi connectivity index (χ1n) is 9.93. The summed E-state index contributed by atoms with van der Waals surface area (Å²) in [6.07, 6.45) is -4.85. The molecule has 35 heavy (non-hydrogen) atoms. The van der Waals surface area contributed by atoms with E-state index in [1.165, 1.54) is 55.5 Å². The third-order valence-electron chi connectivity index (χ3n) is 4.77. The van der Waals surface area contributed by atoms with Crippen molar-refractivity contribution < 1.29 is 30.8 Å². The number of anilines is 1. The van der Waals surface area contributed by atoms with Gasteiger partial charge in [-0.1, -0.05) is 41.9 Å². The second kappa shape index (κ2) is 10.4. The Morgan fingerprint density at radius 1 is 1.03 bits per heavy atom. The van der Waals surface area contributed by atoms with Gasteiger partial charge in [0.2, 0.25) is 0 Å². The molecule has 0 aromatic heterocycles. The van der Waals surface area contributed by atoms with Gasteiger partial charge in [-0.05, 0) is 55.0 Å². The van der Waals surface area contributed by atoms with E-state index in [-0.39, 0.29) is 4.90 Å². The number of alkyl halides is 3. The monoisotopic (exact) mass is 527 g/mol. The van der Waals surface area contributed by atoms with Crippen molar-refractivity contribution in [3.63, 3.8) is 0 Å². The fraction of sp³-hybridized carbons (Fsp3) is 0.130. The van der Waals surface area contributed by atoms with Gasteiger partial charge in [0.05, 0.1) is 26.9 Å². The van der Waals surface area contributed by atoms with E-state index in [1.54, 1.807) is 6.07 Å². The number of hydrazone groups is 1.